The Hall–Kier alpha value is -2.89. The molecular formula is C16H17N3O3. The Bertz CT molecular complexity index is 741. The van der Waals surface area contributed by atoms with Gasteiger partial charge < -0.3 is 10.6 Å². The molecule has 0 bridgehead atoms. The Morgan fingerprint density at radius 3 is 2.36 bits per heavy atom. The van der Waals surface area contributed by atoms with Crippen molar-refractivity contribution in [1.82, 2.24) is 0 Å². The van der Waals surface area contributed by atoms with E-state index < -0.39 is 4.92 Å². The largest absolute Gasteiger partial charge is 0.387 e. The molecule has 6 nitrogen and oxygen atoms in total. The van der Waals surface area contributed by atoms with E-state index >= 15 is 0 Å². The summed E-state index contributed by atoms with van der Waals surface area (Å²) in [5, 5.41) is 16.5. The zero-order valence-corrected chi connectivity index (χ0v) is 12.6. The first-order valence-electron chi connectivity index (χ1n) is 6.77. The van der Waals surface area contributed by atoms with Crippen molar-refractivity contribution < 1.29 is 9.72 Å². The highest BCUT2D eigenvalue weighted by molar-refractivity contribution is 6.08. The minimum absolute atomic E-state index is 0.121. The molecule has 2 N–H and O–H groups in total. The lowest BCUT2D eigenvalue weighted by Gasteiger charge is -2.12. The quantitative estimate of drug-likeness (QED) is 0.668. The molecule has 0 fully saturated rings. The van der Waals surface area contributed by atoms with Crippen molar-refractivity contribution in [2.45, 2.75) is 13.8 Å². The molecule has 114 valence electrons. The molecule has 2 rings (SSSR count). The fraction of sp³-hybridized carbons (Fsp3) is 0.188. The number of benzene rings is 2. The zero-order valence-electron chi connectivity index (χ0n) is 12.6. The van der Waals surface area contributed by atoms with Crippen LogP contribution in [-0.4, -0.2) is 17.9 Å². The van der Waals surface area contributed by atoms with Gasteiger partial charge in [-0.25, -0.2) is 0 Å². The molecule has 0 radical (unpaired) electrons. The number of carbonyl (C=O) groups is 1. The predicted octanol–water partition coefficient (Wildman–Crippen LogP) is 3.51. The van der Waals surface area contributed by atoms with Crippen molar-refractivity contribution in [3.05, 3.63) is 63.2 Å². The second kappa shape index (κ2) is 6.26. The van der Waals surface area contributed by atoms with Crippen LogP contribution >= 0.6 is 0 Å². The highest BCUT2D eigenvalue weighted by Crippen LogP contribution is 2.24. The lowest BCUT2D eigenvalue weighted by Crippen LogP contribution is -2.15. The number of nitro groups is 1. The first kappa shape index (κ1) is 15.5. The summed E-state index contributed by atoms with van der Waals surface area (Å²) in [6.45, 7) is 3.87. The van der Waals surface area contributed by atoms with E-state index in [1.807, 2.05) is 32.0 Å². The van der Waals surface area contributed by atoms with Gasteiger partial charge >= 0.3 is 0 Å². The normalized spacial score (nSPS) is 10.1. The second-order valence-corrected chi connectivity index (χ2v) is 5.01. The van der Waals surface area contributed by atoms with Crippen LogP contribution in [0.5, 0.6) is 0 Å². The number of carbonyl (C=O) groups excluding carboxylic acids is 1. The van der Waals surface area contributed by atoms with E-state index in [0.717, 1.165) is 11.1 Å². The summed E-state index contributed by atoms with van der Waals surface area (Å²) in [5.41, 5.74) is 3.37. The van der Waals surface area contributed by atoms with Crippen molar-refractivity contribution in [2.24, 2.45) is 0 Å². The highest BCUT2D eigenvalue weighted by atomic mass is 16.6. The topological polar surface area (TPSA) is 84.3 Å². The molecule has 0 atom stereocenters. The van der Waals surface area contributed by atoms with Crippen molar-refractivity contribution in [3.63, 3.8) is 0 Å². The zero-order chi connectivity index (χ0) is 16.3. The van der Waals surface area contributed by atoms with Gasteiger partial charge in [-0.3, -0.25) is 14.9 Å². The van der Waals surface area contributed by atoms with E-state index in [-0.39, 0.29) is 17.2 Å². The maximum absolute atomic E-state index is 12.4. The molecule has 2 aromatic rings. The van der Waals surface area contributed by atoms with Crippen molar-refractivity contribution in [2.75, 3.05) is 17.7 Å². The molecule has 0 aliphatic carbocycles. The number of hydrogen-bond acceptors (Lipinski definition) is 4. The number of non-ortho nitro benzene ring substituents is 1. The summed E-state index contributed by atoms with van der Waals surface area (Å²) >= 11 is 0. The number of anilines is 2. The smallest absolute Gasteiger partial charge is 0.270 e. The van der Waals surface area contributed by atoms with Crippen LogP contribution in [0, 0.1) is 24.0 Å². The maximum atomic E-state index is 12.4. The Morgan fingerprint density at radius 1 is 1.09 bits per heavy atom. The standard InChI is InChI=1S/C16H17N3O3/c1-10-4-6-14(11(2)8-10)18-16(20)13-9-12(19(21)22)5-7-15(13)17-3/h4-9,17H,1-3H3,(H,18,20). The van der Waals surface area contributed by atoms with Crippen LogP contribution in [0.2, 0.25) is 0 Å². The highest BCUT2D eigenvalue weighted by Gasteiger charge is 2.17. The summed E-state index contributed by atoms with van der Waals surface area (Å²) in [6, 6.07) is 9.83. The first-order chi connectivity index (χ1) is 10.4. The third-order valence-corrected chi connectivity index (χ3v) is 3.36. The summed E-state index contributed by atoms with van der Waals surface area (Å²) in [4.78, 5) is 22.8. The summed E-state index contributed by atoms with van der Waals surface area (Å²) in [7, 11) is 1.66. The molecule has 1 amide bonds. The molecule has 0 saturated carbocycles. The van der Waals surface area contributed by atoms with Crippen LogP contribution in [0.1, 0.15) is 21.5 Å². The fourth-order valence-corrected chi connectivity index (χ4v) is 2.20. The molecule has 0 saturated heterocycles. The van der Waals surface area contributed by atoms with Crippen LogP contribution in [0.3, 0.4) is 0 Å². The maximum Gasteiger partial charge on any atom is 0.270 e. The number of hydrogen-bond donors (Lipinski definition) is 2. The van der Waals surface area contributed by atoms with Gasteiger partial charge in [0.15, 0.2) is 0 Å². The molecular weight excluding hydrogens is 282 g/mol. The lowest BCUT2D eigenvalue weighted by molar-refractivity contribution is -0.384. The molecule has 6 heteroatoms. The van der Waals surface area contributed by atoms with E-state index in [0.29, 0.717) is 11.4 Å². The van der Waals surface area contributed by atoms with E-state index in [4.69, 9.17) is 0 Å². The molecule has 22 heavy (non-hydrogen) atoms. The van der Waals surface area contributed by atoms with E-state index in [9.17, 15) is 14.9 Å². The van der Waals surface area contributed by atoms with Gasteiger partial charge in [0, 0.05) is 30.6 Å². The second-order valence-electron chi connectivity index (χ2n) is 5.01. The molecule has 0 unspecified atom stereocenters. The van der Waals surface area contributed by atoms with Crippen molar-refractivity contribution in [1.29, 1.82) is 0 Å². The minimum Gasteiger partial charge on any atom is -0.387 e. The van der Waals surface area contributed by atoms with E-state index in [1.165, 1.54) is 18.2 Å². The number of rotatable bonds is 4. The molecule has 2 aromatic carbocycles. The van der Waals surface area contributed by atoms with Crippen LogP contribution in [0.4, 0.5) is 17.1 Å². The summed E-state index contributed by atoms with van der Waals surface area (Å²) in [6.07, 6.45) is 0. The van der Waals surface area contributed by atoms with Gasteiger partial charge in [0.1, 0.15) is 0 Å². The van der Waals surface area contributed by atoms with Crippen molar-refractivity contribution in [3.8, 4) is 0 Å². The molecule has 0 aliphatic rings. The first-order valence-corrected chi connectivity index (χ1v) is 6.77. The van der Waals surface area contributed by atoms with Crippen LogP contribution in [0.25, 0.3) is 0 Å². The SMILES string of the molecule is CNc1ccc([N+](=O)[O-])cc1C(=O)Nc1ccc(C)cc1C. The van der Waals surface area contributed by atoms with Gasteiger partial charge in [-0.2, -0.15) is 0 Å². The van der Waals surface area contributed by atoms with E-state index in [2.05, 4.69) is 10.6 Å². The third kappa shape index (κ3) is 3.22. The van der Waals surface area contributed by atoms with Gasteiger partial charge in [0.2, 0.25) is 0 Å². The van der Waals surface area contributed by atoms with Gasteiger partial charge in [-0.05, 0) is 31.5 Å². The van der Waals surface area contributed by atoms with Gasteiger partial charge in [0.05, 0.1) is 10.5 Å². The van der Waals surface area contributed by atoms with Crippen molar-refractivity contribution >= 4 is 23.0 Å². The number of nitrogens with one attached hydrogen (secondary N) is 2. The van der Waals surface area contributed by atoms with Crippen LogP contribution in [0.15, 0.2) is 36.4 Å². The molecule has 0 spiro atoms. The third-order valence-electron chi connectivity index (χ3n) is 3.36. The molecule has 0 aromatic heterocycles. The molecule has 0 heterocycles. The predicted molar refractivity (Wildman–Crippen MR) is 86.5 cm³/mol. The van der Waals surface area contributed by atoms with Crippen LogP contribution in [-0.2, 0) is 0 Å². The lowest BCUT2D eigenvalue weighted by atomic mass is 10.1. The Balaban J connectivity index is 2.35. The fourth-order valence-electron chi connectivity index (χ4n) is 2.20. The summed E-state index contributed by atoms with van der Waals surface area (Å²) < 4.78 is 0. The molecule has 0 aliphatic heterocycles. The number of amides is 1. The van der Waals surface area contributed by atoms with Gasteiger partial charge in [-0.1, -0.05) is 17.7 Å². The van der Waals surface area contributed by atoms with Crippen LogP contribution < -0.4 is 10.6 Å². The number of nitro benzene ring substituents is 1. The van der Waals surface area contributed by atoms with Gasteiger partial charge in [0.25, 0.3) is 11.6 Å². The Labute approximate surface area is 128 Å². The number of aryl methyl sites for hydroxylation is 2. The monoisotopic (exact) mass is 299 g/mol. The Kier molecular flexibility index (Phi) is 4.41. The number of nitrogens with zero attached hydrogens (tertiary/aromatic N) is 1. The Morgan fingerprint density at radius 2 is 1.77 bits per heavy atom. The van der Waals surface area contributed by atoms with Gasteiger partial charge in [-0.15, -0.1) is 0 Å². The summed E-state index contributed by atoms with van der Waals surface area (Å²) in [5.74, 6) is -0.389. The average Bonchev–Trinajstić information content (AvgIpc) is 2.49. The minimum atomic E-state index is -0.520. The average molecular weight is 299 g/mol. The van der Waals surface area contributed by atoms with E-state index in [1.54, 1.807) is 7.05 Å².